The van der Waals surface area contributed by atoms with E-state index in [9.17, 15) is 5.11 Å². The minimum atomic E-state index is -0.584. The number of aryl methyl sites for hydroxylation is 1. The maximum atomic E-state index is 9.60. The summed E-state index contributed by atoms with van der Waals surface area (Å²) >= 11 is 5.81. The van der Waals surface area contributed by atoms with Gasteiger partial charge in [0.05, 0.1) is 17.7 Å². The van der Waals surface area contributed by atoms with E-state index in [-0.39, 0.29) is 17.4 Å². The van der Waals surface area contributed by atoms with Crippen LogP contribution >= 0.6 is 11.6 Å². The molecule has 0 fully saturated rings. The quantitative estimate of drug-likeness (QED) is 0.718. The van der Waals surface area contributed by atoms with Crippen LogP contribution in [0.25, 0.3) is 0 Å². The molecule has 1 rings (SSSR count). The Hall–Kier alpha value is -0.770. The Balaban J connectivity index is 3.20. The van der Waals surface area contributed by atoms with Gasteiger partial charge in [-0.15, -0.1) is 0 Å². The van der Waals surface area contributed by atoms with Crippen LogP contribution in [-0.2, 0) is 6.42 Å². The molecular weight excluding hydrogens is 202 g/mol. The average Bonchev–Trinajstić information content (AvgIpc) is 2.20. The molecule has 1 atom stereocenters. The first-order valence-corrected chi connectivity index (χ1v) is 4.85. The van der Waals surface area contributed by atoms with Crippen molar-refractivity contribution in [1.29, 1.82) is 0 Å². The number of phenols is 1. The molecule has 0 spiro atoms. The number of phenolic OH excluding ortho intramolecular Hbond substituents is 1. The topological polar surface area (TPSA) is 66.5 Å². The van der Waals surface area contributed by atoms with Crippen LogP contribution in [0.4, 0.5) is 0 Å². The molecule has 0 saturated carbocycles. The van der Waals surface area contributed by atoms with Gasteiger partial charge in [0.15, 0.2) is 0 Å². The Kier molecular flexibility index (Phi) is 3.75. The average molecular weight is 216 g/mol. The Labute approximate surface area is 88.1 Å². The number of benzene rings is 1. The van der Waals surface area contributed by atoms with Crippen molar-refractivity contribution in [3.63, 3.8) is 0 Å². The van der Waals surface area contributed by atoms with Gasteiger partial charge in [-0.3, -0.25) is 0 Å². The molecule has 0 aliphatic carbocycles. The zero-order valence-corrected chi connectivity index (χ0v) is 8.75. The Morgan fingerprint density at radius 1 is 1.50 bits per heavy atom. The summed E-state index contributed by atoms with van der Waals surface area (Å²) < 4.78 is 0. The van der Waals surface area contributed by atoms with E-state index in [1.165, 1.54) is 0 Å². The minimum absolute atomic E-state index is 0.0367. The van der Waals surface area contributed by atoms with E-state index < -0.39 is 6.04 Å². The van der Waals surface area contributed by atoms with E-state index in [1.54, 1.807) is 12.1 Å². The van der Waals surface area contributed by atoms with E-state index in [0.29, 0.717) is 5.56 Å². The van der Waals surface area contributed by atoms with Gasteiger partial charge in [0.25, 0.3) is 0 Å². The number of nitrogens with two attached hydrogens (primary N) is 1. The summed E-state index contributed by atoms with van der Waals surface area (Å²) in [5.74, 6) is -0.0367. The SMILES string of the molecule is CCc1cc(Cl)c(O)c([C@@H](N)CO)c1. The van der Waals surface area contributed by atoms with Crippen LogP contribution in [0.1, 0.15) is 24.1 Å². The molecule has 4 heteroatoms. The van der Waals surface area contributed by atoms with Crippen molar-refractivity contribution < 1.29 is 10.2 Å². The van der Waals surface area contributed by atoms with Crippen LogP contribution in [0.3, 0.4) is 0 Å². The smallest absolute Gasteiger partial charge is 0.139 e. The van der Waals surface area contributed by atoms with Gasteiger partial charge in [-0.1, -0.05) is 24.6 Å². The van der Waals surface area contributed by atoms with Crippen LogP contribution in [0.15, 0.2) is 12.1 Å². The molecule has 1 aromatic rings. The summed E-state index contributed by atoms with van der Waals surface area (Å²) in [5, 5.41) is 18.8. The first-order chi connectivity index (χ1) is 6.60. The van der Waals surface area contributed by atoms with Gasteiger partial charge in [0, 0.05) is 5.56 Å². The fraction of sp³-hybridized carbons (Fsp3) is 0.400. The third-order valence-corrected chi connectivity index (χ3v) is 2.45. The lowest BCUT2D eigenvalue weighted by Crippen LogP contribution is -2.15. The zero-order valence-electron chi connectivity index (χ0n) is 8.00. The molecule has 0 saturated heterocycles. The van der Waals surface area contributed by atoms with Crippen molar-refractivity contribution >= 4 is 11.6 Å². The molecule has 0 heterocycles. The predicted molar refractivity (Wildman–Crippen MR) is 56.5 cm³/mol. The van der Waals surface area contributed by atoms with Gasteiger partial charge in [-0.05, 0) is 18.1 Å². The molecule has 78 valence electrons. The number of hydrogen-bond donors (Lipinski definition) is 3. The maximum absolute atomic E-state index is 9.60. The van der Waals surface area contributed by atoms with E-state index in [0.717, 1.165) is 12.0 Å². The molecule has 0 amide bonds. The number of rotatable bonds is 3. The minimum Gasteiger partial charge on any atom is -0.506 e. The van der Waals surface area contributed by atoms with Gasteiger partial charge in [-0.2, -0.15) is 0 Å². The monoisotopic (exact) mass is 215 g/mol. The molecule has 0 aromatic heterocycles. The van der Waals surface area contributed by atoms with Crippen molar-refractivity contribution in [2.75, 3.05) is 6.61 Å². The number of aliphatic hydroxyl groups excluding tert-OH is 1. The second kappa shape index (κ2) is 4.64. The Morgan fingerprint density at radius 2 is 2.14 bits per heavy atom. The first-order valence-electron chi connectivity index (χ1n) is 4.47. The van der Waals surface area contributed by atoms with Gasteiger partial charge < -0.3 is 15.9 Å². The highest BCUT2D eigenvalue weighted by Crippen LogP contribution is 2.32. The molecule has 3 nitrogen and oxygen atoms in total. The third-order valence-electron chi connectivity index (χ3n) is 2.16. The summed E-state index contributed by atoms with van der Waals surface area (Å²) in [4.78, 5) is 0. The van der Waals surface area contributed by atoms with Crippen LogP contribution < -0.4 is 5.73 Å². The lowest BCUT2D eigenvalue weighted by atomic mass is 10.0. The van der Waals surface area contributed by atoms with E-state index >= 15 is 0 Å². The lowest BCUT2D eigenvalue weighted by molar-refractivity contribution is 0.265. The molecule has 0 aliphatic heterocycles. The number of halogens is 1. The van der Waals surface area contributed by atoms with Crippen molar-refractivity contribution in [2.24, 2.45) is 5.73 Å². The van der Waals surface area contributed by atoms with Crippen LogP contribution in [0.5, 0.6) is 5.75 Å². The number of hydrogen-bond acceptors (Lipinski definition) is 3. The summed E-state index contributed by atoms with van der Waals surface area (Å²) in [7, 11) is 0. The van der Waals surface area contributed by atoms with Crippen LogP contribution in [-0.4, -0.2) is 16.8 Å². The lowest BCUT2D eigenvalue weighted by Gasteiger charge is -2.13. The second-order valence-corrected chi connectivity index (χ2v) is 3.57. The molecular formula is C10H14ClNO2. The van der Waals surface area contributed by atoms with Gasteiger partial charge in [0.2, 0.25) is 0 Å². The van der Waals surface area contributed by atoms with Crippen LogP contribution in [0.2, 0.25) is 5.02 Å². The van der Waals surface area contributed by atoms with Gasteiger partial charge >= 0.3 is 0 Å². The predicted octanol–water partition coefficient (Wildman–Crippen LogP) is 1.60. The maximum Gasteiger partial charge on any atom is 0.139 e. The molecule has 1 aromatic carbocycles. The summed E-state index contributed by atoms with van der Waals surface area (Å²) in [5.41, 5.74) is 7.11. The largest absolute Gasteiger partial charge is 0.506 e. The summed E-state index contributed by atoms with van der Waals surface area (Å²) in [6.45, 7) is 1.77. The Morgan fingerprint density at radius 3 is 2.64 bits per heavy atom. The molecule has 0 unspecified atom stereocenters. The first kappa shape index (κ1) is 11.3. The normalized spacial score (nSPS) is 12.9. The van der Waals surface area contributed by atoms with E-state index in [4.69, 9.17) is 22.4 Å². The fourth-order valence-electron chi connectivity index (χ4n) is 1.26. The summed E-state index contributed by atoms with van der Waals surface area (Å²) in [6, 6.07) is 2.88. The van der Waals surface area contributed by atoms with Crippen molar-refractivity contribution in [2.45, 2.75) is 19.4 Å². The summed E-state index contributed by atoms with van der Waals surface area (Å²) in [6.07, 6.45) is 0.811. The van der Waals surface area contributed by atoms with Crippen molar-refractivity contribution in [3.8, 4) is 5.75 Å². The molecule has 0 radical (unpaired) electrons. The highest BCUT2D eigenvalue weighted by atomic mass is 35.5. The van der Waals surface area contributed by atoms with E-state index in [2.05, 4.69) is 0 Å². The van der Waals surface area contributed by atoms with Crippen molar-refractivity contribution in [1.82, 2.24) is 0 Å². The molecule has 0 aliphatic rings. The highest BCUT2D eigenvalue weighted by molar-refractivity contribution is 6.32. The fourth-order valence-corrected chi connectivity index (χ4v) is 1.51. The molecule has 0 bridgehead atoms. The molecule has 4 N–H and O–H groups in total. The second-order valence-electron chi connectivity index (χ2n) is 3.16. The third kappa shape index (κ3) is 2.18. The number of aromatic hydroxyl groups is 1. The highest BCUT2D eigenvalue weighted by Gasteiger charge is 2.13. The van der Waals surface area contributed by atoms with Gasteiger partial charge in [-0.25, -0.2) is 0 Å². The van der Waals surface area contributed by atoms with Crippen LogP contribution in [0, 0.1) is 0 Å². The molecule has 14 heavy (non-hydrogen) atoms. The van der Waals surface area contributed by atoms with Gasteiger partial charge in [0.1, 0.15) is 5.75 Å². The van der Waals surface area contributed by atoms with E-state index in [1.807, 2.05) is 6.92 Å². The zero-order chi connectivity index (χ0) is 10.7. The standard InChI is InChI=1S/C10H14ClNO2/c1-2-6-3-7(9(12)5-13)10(14)8(11)4-6/h3-4,9,13-14H,2,5,12H2,1H3/t9-/m0/s1. The Bertz CT molecular complexity index is 328. The number of aliphatic hydroxyl groups is 1. The van der Waals surface area contributed by atoms with Crippen molar-refractivity contribution in [3.05, 3.63) is 28.3 Å².